The molecule has 2 aliphatic rings. The molecule has 2 aliphatic heterocycles. The van der Waals surface area contributed by atoms with Gasteiger partial charge in [-0.25, -0.2) is 24.3 Å². The highest BCUT2D eigenvalue weighted by Gasteiger charge is 2.25. The summed E-state index contributed by atoms with van der Waals surface area (Å²) in [4.78, 5) is 24.2. The molecule has 7 rings (SSSR count). The molecular formula is C38H49ClN12O3. The highest BCUT2D eigenvalue weighted by molar-refractivity contribution is 6.20. The lowest BCUT2D eigenvalue weighted by atomic mass is 10.1. The van der Waals surface area contributed by atoms with Crippen molar-refractivity contribution in [1.82, 2.24) is 29.5 Å². The minimum atomic E-state index is -0.880. The number of nitrogen functional groups attached to an aromatic ring is 2. The number of alkyl halides is 1. The summed E-state index contributed by atoms with van der Waals surface area (Å²) in [6, 6.07) is 15.4. The van der Waals surface area contributed by atoms with E-state index in [4.69, 9.17) is 43.7 Å². The van der Waals surface area contributed by atoms with E-state index in [1.807, 2.05) is 71.7 Å². The van der Waals surface area contributed by atoms with Crippen LogP contribution < -0.4 is 27.8 Å². The second-order valence-electron chi connectivity index (χ2n) is 12.7. The third kappa shape index (κ3) is 10.4. The van der Waals surface area contributed by atoms with E-state index in [0.717, 1.165) is 58.1 Å². The Hall–Kier alpha value is -5.77. The summed E-state index contributed by atoms with van der Waals surface area (Å²) >= 11 is 4.90. The third-order valence-corrected chi connectivity index (χ3v) is 8.11. The Morgan fingerprint density at radius 2 is 1.59 bits per heavy atom. The summed E-state index contributed by atoms with van der Waals surface area (Å²) in [6.07, 6.45) is 6.49. The van der Waals surface area contributed by atoms with Crippen LogP contribution in [0.2, 0.25) is 0 Å². The fourth-order valence-electron chi connectivity index (χ4n) is 5.39. The number of amidine groups is 1. The van der Waals surface area contributed by atoms with Gasteiger partial charge in [0.2, 0.25) is 5.91 Å². The van der Waals surface area contributed by atoms with Gasteiger partial charge in [0.1, 0.15) is 47.4 Å². The molecule has 9 N–H and O–H groups in total. The van der Waals surface area contributed by atoms with Gasteiger partial charge in [0.25, 0.3) is 0 Å². The lowest BCUT2D eigenvalue weighted by Crippen LogP contribution is -2.23. The van der Waals surface area contributed by atoms with Crippen LogP contribution in [0.4, 0.5) is 23.0 Å². The van der Waals surface area contributed by atoms with Crippen LogP contribution in [-0.2, 0) is 9.53 Å². The number of halogens is 1. The number of benzene rings is 2. The largest absolute Gasteiger partial charge is 0.399 e. The molecule has 0 radical (unpaired) electrons. The number of nitrogens with zero attached hydrogens (tertiary/aromatic N) is 7. The average Bonchev–Trinajstić information content (AvgIpc) is 3.94. The number of carbonyl (C=O) groups excluding carboxylic acids is 1. The topological polar surface area (TPSA) is 222 Å². The Morgan fingerprint density at radius 1 is 0.963 bits per heavy atom. The number of anilines is 4. The van der Waals surface area contributed by atoms with Gasteiger partial charge in [0, 0.05) is 47.8 Å². The van der Waals surface area contributed by atoms with Crippen molar-refractivity contribution in [3.8, 4) is 22.5 Å². The predicted octanol–water partition coefficient (Wildman–Crippen LogP) is 6.11. The number of fused-ring (bicyclic) bond motifs is 2. The van der Waals surface area contributed by atoms with Crippen LogP contribution in [0.5, 0.6) is 0 Å². The van der Waals surface area contributed by atoms with E-state index in [-0.39, 0.29) is 18.0 Å². The molecule has 2 aromatic carbocycles. The highest BCUT2D eigenvalue weighted by atomic mass is 35.5. The Bertz CT molecular complexity index is 2080. The van der Waals surface area contributed by atoms with Crippen molar-refractivity contribution in [2.75, 3.05) is 42.0 Å². The smallest absolute Gasteiger partial charge is 0.247 e. The molecule has 1 saturated heterocycles. The van der Waals surface area contributed by atoms with Gasteiger partial charge in [-0.2, -0.15) is 10.2 Å². The number of nitrogens with two attached hydrogens (primary N) is 3. The monoisotopic (exact) mass is 756 g/mol. The molecule has 1 amide bonds. The summed E-state index contributed by atoms with van der Waals surface area (Å²) in [7, 11) is 0. The fourth-order valence-corrected chi connectivity index (χ4v) is 5.39. The number of aliphatic hydroxyl groups is 1. The molecule has 0 bridgehead atoms. The minimum absolute atomic E-state index is 0.176. The number of hydrogen-bond acceptors (Lipinski definition) is 12. The maximum atomic E-state index is 11.5. The zero-order valence-electron chi connectivity index (χ0n) is 31.0. The molecular weight excluding hydrogens is 708 g/mol. The van der Waals surface area contributed by atoms with E-state index in [1.165, 1.54) is 31.3 Å². The standard InChI is InChI=1S/C17H20N6O.C14H16N6.C4H8O.C3H5ClO/c1-4-13(24)21-12-7-5-6-11(8-12)15-14-16(18)19-9-20-17(14)23(22-15)10(2)3;1-8(2)20-14-11(13(16)17-7-18-14)12(19-20)9-4-3-5-10(15)6-9;1-2-4-5-3-1;1-2-3(4)5/h4-8,10,20H,1,9H2,2-3H3,(H2,18,19)(H,21,24);3-8H,15H2,1-2H3,(H2,16,17,18);1-4H2;2-3,5H,1H2. The van der Waals surface area contributed by atoms with E-state index < -0.39 is 5.56 Å². The first-order chi connectivity index (χ1) is 25.9. The number of aromatic nitrogens is 6. The van der Waals surface area contributed by atoms with E-state index in [2.05, 4.69) is 57.7 Å². The molecule has 286 valence electrons. The van der Waals surface area contributed by atoms with Crippen molar-refractivity contribution in [3.05, 3.63) is 85.7 Å². The maximum absolute atomic E-state index is 11.5. The number of ether oxygens (including phenoxy) is 1. The van der Waals surface area contributed by atoms with Crippen molar-refractivity contribution < 1.29 is 14.6 Å². The first-order valence-corrected chi connectivity index (χ1v) is 17.9. The van der Waals surface area contributed by atoms with Crippen LogP contribution in [0.25, 0.3) is 33.5 Å². The number of aliphatic imine (C=N–C) groups is 1. The molecule has 0 spiro atoms. The van der Waals surface area contributed by atoms with Gasteiger partial charge in [-0.1, -0.05) is 49.0 Å². The van der Waals surface area contributed by atoms with E-state index in [0.29, 0.717) is 29.7 Å². The molecule has 1 unspecified atom stereocenters. The molecule has 54 heavy (non-hydrogen) atoms. The Labute approximate surface area is 320 Å². The third-order valence-electron chi connectivity index (χ3n) is 7.93. The first kappa shape index (κ1) is 41.0. The van der Waals surface area contributed by atoms with Gasteiger partial charge in [-0.3, -0.25) is 4.79 Å². The van der Waals surface area contributed by atoms with Crippen molar-refractivity contribution in [3.63, 3.8) is 0 Å². The van der Waals surface area contributed by atoms with Gasteiger partial charge in [0.05, 0.1) is 10.9 Å². The molecule has 1 atom stereocenters. The molecule has 5 aromatic rings. The molecule has 16 heteroatoms. The summed E-state index contributed by atoms with van der Waals surface area (Å²) in [5, 5.41) is 24.1. The van der Waals surface area contributed by atoms with Crippen molar-refractivity contribution in [2.45, 2.75) is 58.2 Å². The van der Waals surface area contributed by atoms with Gasteiger partial charge in [0.15, 0.2) is 5.65 Å². The number of aliphatic hydroxyl groups excluding tert-OH is 1. The number of amides is 1. The lowest BCUT2D eigenvalue weighted by molar-refractivity contribution is -0.111. The molecule has 0 saturated carbocycles. The molecule has 0 aliphatic carbocycles. The number of rotatable bonds is 7. The molecule has 3 aromatic heterocycles. The van der Waals surface area contributed by atoms with Crippen LogP contribution in [0.3, 0.4) is 0 Å². The van der Waals surface area contributed by atoms with Crippen molar-refractivity contribution in [1.29, 1.82) is 0 Å². The highest BCUT2D eigenvalue weighted by Crippen LogP contribution is 2.34. The zero-order chi connectivity index (χ0) is 39.4. The van der Waals surface area contributed by atoms with E-state index in [9.17, 15) is 4.79 Å². The number of hydrogen-bond donors (Lipinski definition) is 6. The van der Waals surface area contributed by atoms with Crippen molar-refractivity contribution in [2.24, 2.45) is 10.7 Å². The van der Waals surface area contributed by atoms with Gasteiger partial charge < -0.3 is 37.7 Å². The summed E-state index contributed by atoms with van der Waals surface area (Å²) in [6.45, 7) is 17.3. The van der Waals surface area contributed by atoms with Crippen LogP contribution in [0, 0.1) is 0 Å². The lowest BCUT2D eigenvalue weighted by Gasteiger charge is -2.16. The van der Waals surface area contributed by atoms with Gasteiger partial charge in [-0.15, -0.1) is 0 Å². The first-order valence-electron chi connectivity index (χ1n) is 17.4. The Balaban J connectivity index is 0.000000194. The van der Waals surface area contributed by atoms with Crippen LogP contribution in [-0.4, -0.2) is 71.8 Å². The fraction of sp³-hybridized carbons (Fsp3) is 0.316. The second-order valence-corrected chi connectivity index (χ2v) is 13.1. The number of carbonyl (C=O) groups is 1. The molecule has 1 fully saturated rings. The predicted molar refractivity (Wildman–Crippen MR) is 218 cm³/mol. The SMILES string of the molecule is C1CCOC1.C=CC(=O)Nc1cccc(-c2nn(C(C)C)c3c2C(N)=NCN3)c1.C=CC(O)Cl.CC(C)n1nc(-c2cccc(N)c2)c2c(N)ncnc21. The van der Waals surface area contributed by atoms with E-state index >= 15 is 0 Å². The average molecular weight is 757 g/mol. The van der Waals surface area contributed by atoms with Crippen molar-refractivity contribution >= 4 is 57.4 Å². The quantitative estimate of drug-likeness (QED) is 0.0481. The zero-order valence-corrected chi connectivity index (χ0v) is 31.8. The van der Waals surface area contributed by atoms with Crippen LogP contribution in [0.15, 0.2) is 85.2 Å². The normalized spacial score (nSPS) is 13.5. The van der Waals surface area contributed by atoms with Gasteiger partial charge in [-0.05, 0) is 77.0 Å². The second kappa shape index (κ2) is 19.3. The summed E-state index contributed by atoms with van der Waals surface area (Å²) in [5.41, 5.74) is 23.3. The number of nitrogens with one attached hydrogen (secondary N) is 2. The van der Waals surface area contributed by atoms with E-state index in [1.54, 1.807) is 0 Å². The summed E-state index contributed by atoms with van der Waals surface area (Å²) in [5.74, 6) is 1.50. The molecule has 15 nitrogen and oxygen atoms in total. The Kier molecular flexibility index (Phi) is 14.7. The Morgan fingerprint density at radius 3 is 2.17 bits per heavy atom. The van der Waals surface area contributed by atoms with Crippen LogP contribution in [0.1, 0.15) is 58.2 Å². The maximum Gasteiger partial charge on any atom is 0.247 e. The molecule has 5 heterocycles. The minimum Gasteiger partial charge on any atom is -0.399 e. The van der Waals surface area contributed by atoms with Crippen LogP contribution >= 0.6 is 11.6 Å². The van der Waals surface area contributed by atoms with Gasteiger partial charge >= 0.3 is 0 Å². The summed E-state index contributed by atoms with van der Waals surface area (Å²) < 4.78 is 8.70.